The van der Waals surface area contributed by atoms with Crippen LogP contribution in [0.5, 0.6) is 5.75 Å². The van der Waals surface area contributed by atoms with Gasteiger partial charge in [0.15, 0.2) is 6.29 Å². The molecule has 1 unspecified atom stereocenters. The van der Waals surface area contributed by atoms with Crippen LogP contribution in [0, 0.1) is 3.57 Å². The van der Waals surface area contributed by atoms with E-state index in [4.69, 9.17) is 18.9 Å². The van der Waals surface area contributed by atoms with Crippen molar-refractivity contribution in [3.63, 3.8) is 0 Å². The molecule has 0 bridgehead atoms. The summed E-state index contributed by atoms with van der Waals surface area (Å²) in [7, 11) is 0. The van der Waals surface area contributed by atoms with E-state index in [1.807, 2.05) is 24.3 Å². The standard InChI is InChI=1S/C15H21IO4/c16-13-4-6-14(7-5-13)18-11-9-17-10-12-20-15-3-1-2-8-19-15/h4-7,15H,1-3,8-12H2. The molecule has 1 aromatic carbocycles. The zero-order chi connectivity index (χ0) is 14.0. The van der Waals surface area contributed by atoms with Crippen LogP contribution in [0.2, 0.25) is 0 Å². The molecule has 1 saturated heterocycles. The van der Waals surface area contributed by atoms with E-state index in [9.17, 15) is 0 Å². The van der Waals surface area contributed by atoms with Gasteiger partial charge in [-0.3, -0.25) is 0 Å². The first-order chi connectivity index (χ1) is 9.84. The van der Waals surface area contributed by atoms with E-state index in [0.29, 0.717) is 26.4 Å². The van der Waals surface area contributed by atoms with Crippen LogP contribution < -0.4 is 4.74 Å². The maximum atomic E-state index is 5.57. The van der Waals surface area contributed by atoms with Gasteiger partial charge in [0.25, 0.3) is 0 Å². The molecular weight excluding hydrogens is 371 g/mol. The minimum Gasteiger partial charge on any atom is -0.491 e. The average Bonchev–Trinajstić information content (AvgIpc) is 2.49. The molecule has 1 atom stereocenters. The number of rotatable bonds is 8. The summed E-state index contributed by atoms with van der Waals surface area (Å²) in [5.74, 6) is 0.876. The first-order valence-electron chi connectivity index (χ1n) is 7.04. The van der Waals surface area contributed by atoms with Crippen molar-refractivity contribution in [1.82, 2.24) is 0 Å². The minimum absolute atomic E-state index is 0.0320. The van der Waals surface area contributed by atoms with Crippen LogP contribution in [0.3, 0.4) is 0 Å². The zero-order valence-electron chi connectivity index (χ0n) is 11.6. The topological polar surface area (TPSA) is 36.9 Å². The predicted octanol–water partition coefficient (Wildman–Crippen LogP) is 3.23. The highest BCUT2D eigenvalue weighted by molar-refractivity contribution is 14.1. The van der Waals surface area contributed by atoms with Gasteiger partial charge in [0.1, 0.15) is 12.4 Å². The van der Waals surface area contributed by atoms with Gasteiger partial charge >= 0.3 is 0 Å². The highest BCUT2D eigenvalue weighted by atomic mass is 127. The molecule has 1 aliphatic rings. The zero-order valence-corrected chi connectivity index (χ0v) is 13.7. The maximum absolute atomic E-state index is 5.57. The molecule has 0 saturated carbocycles. The van der Waals surface area contributed by atoms with Crippen molar-refractivity contribution in [3.05, 3.63) is 27.8 Å². The third-order valence-corrected chi connectivity index (χ3v) is 3.70. The van der Waals surface area contributed by atoms with Gasteiger partial charge in [-0.05, 0) is 66.1 Å². The number of ether oxygens (including phenoxy) is 4. The van der Waals surface area contributed by atoms with E-state index in [-0.39, 0.29) is 6.29 Å². The smallest absolute Gasteiger partial charge is 0.157 e. The quantitative estimate of drug-likeness (QED) is 0.503. The van der Waals surface area contributed by atoms with Crippen LogP contribution in [0.25, 0.3) is 0 Å². The molecule has 0 N–H and O–H groups in total. The molecule has 112 valence electrons. The summed E-state index contributed by atoms with van der Waals surface area (Å²) in [6.07, 6.45) is 3.30. The maximum Gasteiger partial charge on any atom is 0.157 e. The monoisotopic (exact) mass is 392 g/mol. The molecule has 2 rings (SSSR count). The van der Waals surface area contributed by atoms with Crippen molar-refractivity contribution in [2.75, 3.05) is 33.0 Å². The van der Waals surface area contributed by atoms with E-state index in [0.717, 1.165) is 25.2 Å². The minimum atomic E-state index is -0.0320. The molecule has 4 nitrogen and oxygen atoms in total. The number of halogens is 1. The largest absolute Gasteiger partial charge is 0.491 e. The molecule has 0 amide bonds. The van der Waals surface area contributed by atoms with E-state index < -0.39 is 0 Å². The third-order valence-electron chi connectivity index (χ3n) is 2.98. The summed E-state index contributed by atoms with van der Waals surface area (Å²) < 4.78 is 23.3. The van der Waals surface area contributed by atoms with Crippen molar-refractivity contribution in [3.8, 4) is 5.75 Å². The van der Waals surface area contributed by atoms with Crippen LogP contribution in [0.1, 0.15) is 19.3 Å². The molecule has 5 heteroatoms. The Hall–Kier alpha value is -0.370. The van der Waals surface area contributed by atoms with E-state index >= 15 is 0 Å². The second-order valence-electron chi connectivity index (χ2n) is 4.58. The summed E-state index contributed by atoms with van der Waals surface area (Å²) in [6.45, 7) is 3.10. The molecule has 0 aliphatic carbocycles. The molecule has 1 heterocycles. The average molecular weight is 392 g/mol. The van der Waals surface area contributed by atoms with Crippen molar-refractivity contribution in [1.29, 1.82) is 0 Å². The van der Waals surface area contributed by atoms with Gasteiger partial charge < -0.3 is 18.9 Å². The Morgan fingerprint density at radius 1 is 1.05 bits per heavy atom. The van der Waals surface area contributed by atoms with Crippen LogP contribution in [-0.4, -0.2) is 39.3 Å². The first kappa shape index (κ1) is 16.0. The normalized spacial score (nSPS) is 18.9. The molecule has 1 fully saturated rings. The molecule has 20 heavy (non-hydrogen) atoms. The Bertz CT molecular complexity index is 363. The van der Waals surface area contributed by atoms with Crippen molar-refractivity contribution in [2.24, 2.45) is 0 Å². The SMILES string of the molecule is Ic1ccc(OCCOCCOC2CCCCO2)cc1. The molecule has 1 aliphatic heterocycles. The molecule has 0 aromatic heterocycles. The number of benzene rings is 1. The lowest BCUT2D eigenvalue weighted by atomic mass is 10.2. The van der Waals surface area contributed by atoms with E-state index in [1.54, 1.807) is 0 Å². The lowest BCUT2D eigenvalue weighted by Gasteiger charge is -2.22. The molecule has 0 spiro atoms. The summed E-state index contributed by atoms with van der Waals surface area (Å²) in [4.78, 5) is 0. The van der Waals surface area contributed by atoms with Crippen molar-refractivity contribution < 1.29 is 18.9 Å². The number of hydrogen-bond acceptors (Lipinski definition) is 4. The fraction of sp³-hybridized carbons (Fsp3) is 0.600. The molecule has 0 radical (unpaired) electrons. The van der Waals surface area contributed by atoms with Gasteiger partial charge in [-0.15, -0.1) is 0 Å². The van der Waals surface area contributed by atoms with Gasteiger partial charge in [0, 0.05) is 10.2 Å². The second kappa shape index (κ2) is 9.55. The fourth-order valence-corrected chi connectivity index (χ4v) is 2.29. The Kier molecular flexibility index (Phi) is 7.64. The third kappa shape index (κ3) is 6.39. The Morgan fingerprint density at radius 3 is 2.60 bits per heavy atom. The van der Waals surface area contributed by atoms with Gasteiger partial charge in [0.05, 0.1) is 19.8 Å². The van der Waals surface area contributed by atoms with E-state index in [2.05, 4.69) is 22.6 Å². The van der Waals surface area contributed by atoms with Crippen molar-refractivity contribution in [2.45, 2.75) is 25.6 Å². The van der Waals surface area contributed by atoms with Crippen LogP contribution in [-0.2, 0) is 14.2 Å². The second-order valence-corrected chi connectivity index (χ2v) is 5.83. The molecule has 1 aromatic rings. The molecular formula is C15H21IO4. The lowest BCUT2D eigenvalue weighted by molar-refractivity contribution is -0.169. The highest BCUT2D eigenvalue weighted by Gasteiger charge is 2.13. The van der Waals surface area contributed by atoms with Crippen LogP contribution in [0.15, 0.2) is 24.3 Å². The highest BCUT2D eigenvalue weighted by Crippen LogP contribution is 2.14. The Morgan fingerprint density at radius 2 is 1.85 bits per heavy atom. The van der Waals surface area contributed by atoms with Gasteiger partial charge in [-0.1, -0.05) is 0 Å². The Labute approximate surface area is 133 Å². The fourth-order valence-electron chi connectivity index (χ4n) is 1.93. The van der Waals surface area contributed by atoms with Gasteiger partial charge in [-0.25, -0.2) is 0 Å². The van der Waals surface area contributed by atoms with Gasteiger partial charge in [0.2, 0.25) is 0 Å². The van der Waals surface area contributed by atoms with E-state index in [1.165, 1.54) is 9.99 Å². The van der Waals surface area contributed by atoms with Gasteiger partial charge in [-0.2, -0.15) is 0 Å². The lowest BCUT2D eigenvalue weighted by Crippen LogP contribution is -2.24. The number of hydrogen-bond donors (Lipinski definition) is 0. The Balaban J connectivity index is 1.44. The summed E-state index contributed by atoms with van der Waals surface area (Å²) in [5.41, 5.74) is 0. The summed E-state index contributed by atoms with van der Waals surface area (Å²) in [6, 6.07) is 7.97. The first-order valence-corrected chi connectivity index (χ1v) is 8.12. The van der Waals surface area contributed by atoms with Crippen molar-refractivity contribution >= 4 is 22.6 Å². The summed E-state index contributed by atoms with van der Waals surface area (Å²) in [5, 5.41) is 0. The van der Waals surface area contributed by atoms with Crippen LogP contribution >= 0.6 is 22.6 Å². The van der Waals surface area contributed by atoms with Crippen LogP contribution in [0.4, 0.5) is 0 Å². The predicted molar refractivity (Wildman–Crippen MR) is 85.0 cm³/mol. The summed E-state index contributed by atoms with van der Waals surface area (Å²) >= 11 is 2.27.